The Labute approximate surface area is 137 Å². The Morgan fingerprint density at radius 1 is 1.00 bits per heavy atom. The summed E-state index contributed by atoms with van der Waals surface area (Å²) in [6.45, 7) is 3.77. The SMILES string of the molecule is CC(C)(Cc1ccccc1)NS(=O)(=O)Cc1cccc(Cl)c1. The second kappa shape index (κ2) is 6.82. The van der Waals surface area contributed by atoms with Crippen LogP contribution >= 0.6 is 11.6 Å². The van der Waals surface area contributed by atoms with Crippen molar-refractivity contribution in [2.75, 3.05) is 0 Å². The molecule has 0 saturated carbocycles. The first-order valence-electron chi connectivity index (χ1n) is 7.06. The van der Waals surface area contributed by atoms with Gasteiger partial charge in [-0.05, 0) is 43.5 Å². The van der Waals surface area contributed by atoms with E-state index >= 15 is 0 Å². The normalized spacial score (nSPS) is 12.3. The average molecular weight is 338 g/mol. The van der Waals surface area contributed by atoms with Gasteiger partial charge in [0.05, 0.1) is 5.75 Å². The second-order valence-corrected chi connectivity index (χ2v) is 8.20. The zero-order chi connectivity index (χ0) is 16.2. The number of hydrogen-bond donors (Lipinski definition) is 1. The molecule has 0 saturated heterocycles. The van der Waals surface area contributed by atoms with Gasteiger partial charge in [0.2, 0.25) is 10.0 Å². The summed E-state index contributed by atoms with van der Waals surface area (Å²) in [6, 6.07) is 16.7. The first kappa shape index (κ1) is 17.0. The lowest BCUT2D eigenvalue weighted by Gasteiger charge is -2.26. The molecule has 0 fully saturated rings. The minimum absolute atomic E-state index is 0.0776. The van der Waals surface area contributed by atoms with E-state index < -0.39 is 15.6 Å². The Kier molecular flexibility index (Phi) is 5.27. The third kappa shape index (κ3) is 5.44. The van der Waals surface area contributed by atoms with Gasteiger partial charge in [0.1, 0.15) is 0 Å². The number of nitrogens with one attached hydrogen (secondary N) is 1. The van der Waals surface area contributed by atoms with Gasteiger partial charge in [-0.15, -0.1) is 0 Å². The highest BCUT2D eigenvalue weighted by molar-refractivity contribution is 7.88. The highest BCUT2D eigenvalue weighted by Gasteiger charge is 2.25. The van der Waals surface area contributed by atoms with Crippen LogP contribution in [-0.2, 0) is 22.2 Å². The molecule has 0 spiro atoms. The summed E-state index contributed by atoms with van der Waals surface area (Å²) in [6.07, 6.45) is 0.628. The zero-order valence-electron chi connectivity index (χ0n) is 12.7. The number of halogens is 1. The zero-order valence-corrected chi connectivity index (χ0v) is 14.3. The Hall–Kier alpha value is -1.36. The van der Waals surface area contributed by atoms with E-state index in [9.17, 15) is 8.42 Å². The first-order valence-corrected chi connectivity index (χ1v) is 9.09. The molecule has 2 rings (SSSR count). The van der Waals surface area contributed by atoms with E-state index in [4.69, 9.17) is 11.6 Å². The predicted molar refractivity (Wildman–Crippen MR) is 91.4 cm³/mol. The molecule has 2 aromatic carbocycles. The monoisotopic (exact) mass is 337 g/mol. The molecule has 0 atom stereocenters. The number of rotatable bonds is 6. The van der Waals surface area contributed by atoms with Crippen molar-refractivity contribution in [3.8, 4) is 0 Å². The van der Waals surface area contributed by atoms with Gasteiger partial charge in [-0.1, -0.05) is 54.1 Å². The maximum atomic E-state index is 12.4. The van der Waals surface area contributed by atoms with E-state index in [0.29, 0.717) is 17.0 Å². The molecule has 0 radical (unpaired) electrons. The van der Waals surface area contributed by atoms with Crippen LogP contribution in [-0.4, -0.2) is 14.0 Å². The molecular formula is C17H20ClNO2S. The molecule has 0 amide bonds. The van der Waals surface area contributed by atoms with Gasteiger partial charge in [0.25, 0.3) is 0 Å². The predicted octanol–water partition coefficient (Wildman–Crippen LogP) is 3.78. The highest BCUT2D eigenvalue weighted by atomic mass is 35.5. The molecular weight excluding hydrogens is 318 g/mol. The Bertz CT molecular complexity index is 727. The maximum absolute atomic E-state index is 12.4. The van der Waals surface area contributed by atoms with Crippen LogP contribution in [0.15, 0.2) is 54.6 Å². The van der Waals surface area contributed by atoms with Gasteiger partial charge in [-0.3, -0.25) is 0 Å². The molecule has 0 aliphatic carbocycles. The molecule has 118 valence electrons. The third-order valence-corrected chi connectivity index (χ3v) is 4.98. The maximum Gasteiger partial charge on any atom is 0.216 e. The first-order chi connectivity index (χ1) is 10.3. The lowest BCUT2D eigenvalue weighted by molar-refractivity contribution is 0.450. The van der Waals surface area contributed by atoms with Crippen LogP contribution in [0.5, 0.6) is 0 Å². The Morgan fingerprint density at radius 2 is 1.64 bits per heavy atom. The second-order valence-electron chi connectivity index (χ2n) is 6.04. The van der Waals surface area contributed by atoms with Crippen molar-refractivity contribution in [3.05, 3.63) is 70.7 Å². The Morgan fingerprint density at radius 3 is 2.27 bits per heavy atom. The summed E-state index contributed by atoms with van der Waals surface area (Å²) < 4.78 is 27.5. The van der Waals surface area contributed by atoms with Crippen LogP contribution < -0.4 is 4.72 Å². The summed E-state index contributed by atoms with van der Waals surface area (Å²) in [7, 11) is -3.44. The summed E-state index contributed by atoms with van der Waals surface area (Å²) >= 11 is 5.90. The molecule has 5 heteroatoms. The van der Waals surface area contributed by atoms with Crippen LogP contribution in [0.2, 0.25) is 5.02 Å². The lowest BCUT2D eigenvalue weighted by atomic mass is 9.96. The van der Waals surface area contributed by atoms with Crippen molar-refractivity contribution >= 4 is 21.6 Å². The van der Waals surface area contributed by atoms with Crippen molar-refractivity contribution in [1.29, 1.82) is 0 Å². The van der Waals surface area contributed by atoms with Crippen molar-refractivity contribution in [2.45, 2.75) is 31.6 Å². The lowest BCUT2D eigenvalue weighted by Crippen LogP contribution is -2.45. The molecule has 0 aromatic heterocycles. The van der Waals surface area contributed by atoms with Gasteiger partial charge < -0.3 is 0 Å². The summed E-state index contributed by atoms with van der Waals surface area (Å²) in [5.41, 5.74) is 1.21. The molecule has 0 heterocycles. The van der Waals surface area contributed by atoms with E-state index in [1.165, 1.54) is 0 Å². The standard InChI is InChI=1S/C17H20ClNO2S/c1-17(2,12-14-7-4-3-5-8-14)19-22(20,21)13-15-9-6-10-16(18)11-15/h3-11,19H,12-13H2,1-2H3. The molecule has 0 unspecified atom stereocenters. The van der Waals surface area contributed by atoms with Gasteiger partial charge >= 0.3 is 0 Å². The Balaban J connectivity index is 2.07. The molecule has 0 aliphatic rings. The average Bonchev–Trinajstić information content (AvgIpc) is 2.36. The van der Waals surface area contributed by atoms with Crippen LogP contribution in [0.1, 0.15) is 25.0 Å². The number of hydrogen-bond acceptors (Lipinski definition) is 2. The fourth-order valence-corrected chi connectivity index (χ4v) is 4.26. The molecule has 22 heavy (non-hydrogen) atoms. The molecule has 0 bridgehead atoms. The summed E-state index contributed by atoms with van der Waals surface area (Å²) in [4.78, 5) is 0. The molecule has 3 nitrogen and oxygen atoms in total. The minimum atomic E-state index is -3.44. The van der Waals surface area contributed by atoms with Crippen molar-refractivity contribution in [2.24, 2.45) is 0 Å². The fourth-order valence-electron chi connectivity index (χ4n) is 2.45. The summed E-state index contributed by atoms with van der Waals surface area (Å²) in [5, 5.41) is 0.538. The van der Waals surface area contributed by atoms with Gasteiger partial charge in [0.15, 0.2) is 0 Å². The van der Waals surface area contributed by atoms with E-state index in [1.807, 2.05) is 44.2 Å². The van der Waals surface area contributed by atoms with E-state index in [-0.39, 0.29) is 5.75 Å². The van der Waals surface area contributed by atoms with E-state index in [1.54, 1.807) is 24.3 Å². The van der Waals surface area contributed by atoms with Crippen molar-refractivity contribution < 1.29 is 8.42 Å². The van der Waals surface area contributed by atoms with Crippen LogP contribution in [0.25, 0.3) is 0 Å². The van der Waals surface area contributed by atoms with Crippen LogP contribution in [0, 0.1) is 0 Å². The summed E-state index contributed by atoms with van der Waals surface area (Å²) in [5.74, 6) is -0.0776. The van der Waals surface area contributed by atoms with Gasteiger partial charge in [0, 0.05) is 10.6 Å². The van der Waals surface area contributed by atoms with Gasteiger partial charge in [-0.25, -0.2) is 13.1 Å². The van der Waals surface area contributed by atoms with E-state index in [2.05, 4.69) is 4.72 Å². The largest absolute Gasteiger partial charge is 0.216 e. The molecule has 0 aliphatic heterocycles. The van der Waals surface area contributed by atoms with Crippen LogP contribution in [0.3, 0.4) is 0 Å². The topological polar surface area (TPSA) is 46.2 Å². The molecule has 1 N–H and O–H groups in total. The highest BCUT2D eigenvalue weighted by Crippen LogP contribution is 2.17. The van der Waals surface area contributed by atoms with Crippen molar-refractivity contribution in [3.63, 3.8) is 0 Å². The van der Waals surface area contributed by atoms with Gasteiger partial charge in [-0.2, -0.15) is 0 Å². The minimum Gasteiger partial charge on any atom is -0.212 e. The fraction of sp³-hybridized carbons (Fsp3) is 0.294. The number of benzene rings is 2. The van der Waals surface area contributed by atoms with Crippen molar-refractivity contribution in [1.82, 2.24) is 4.72 Å². The van der Waals surface area contributed by atoms with E-state index in [0.717, 1.165) is 5.56 Å². The van der Waals surface area contributed by atoms with Crippen LogP contribution in [0.4, 0.5) is 0 Å². The third-order valence-electron chi connectivity index (χ3n) is 3.17. The molecule has 2 aromatic rings. The quantitative estimate of drug-likeness (QED) is 0.871. The number of sulfonamides is 1. The smallest absolute Gasteiger partial charge is 0.212 e.